The van der Waals surface area contributed by atoms with Crippen molar-refractivity contribution in [2.45, 2.75) is 13.8 Å². The number of hydrogen-bond acceptors (Lipinski definition) is 4. The van der Waals surface area contributed by atoms with Gasteiger partial charge in [-0.15, -0.1) is 0 Å². The fourth-order valence-corrected chi connectivity index (χ4v) is 3.77. The molecule has 0 saturated heterocycles. The van der Waals surface area contributed by atoms with Crippen molar-refractivity contribution < 1.29 is 9.90 Å². The molecular weight excluding hydrogens is 507 g/mol. The maximum atomic E-state index is 12.9. The number of nitrogens with zero attached hydrogens (tertiary/aromatic N) is 2. The minimum absolute atomic E-state index is 0.109. The number of aromatic amines is 1. The Kier molecular flexibility index (Phi) is 5.64. The molecule has 0 bridgehead atoms. The Morgan fingerprint density at radius 1 is 1.10 bits per heavy atom. The zero-order chi connectivity index (χ0) is 22.1. The van der Waals surface area contributed by atoms with Crippen LogP contribution in [-0.4, -0.2) is 26.5 Å². The van der Waals surface area contributed by atoms with E-state index < -0.39 is 5.91 Å². The lowest BCUT2D eigenvalue weighted by molar-refractivity contribution is 0.0952. The number of phenolic OH excluding ortho intramolecular Hbond substituents is 1. The van der Waals surface area contributed by atoms with Gasteiger partial charge in [-0.3, -0.25) is 14.7 Å². The van der Waals surface area contributed by atoms with E-state index in [9.17, 15) is 14.7 Å². The van der Waals surface area contributed by atoms with E-state index in [1.165, 1.54) is 10.7 Å². The van der Waals surface area contributed by atoms with Crippen LogP contribution in [0.1, 0.15) is 28.5 Å². The summed E-state index contributed by atoms with van der Waals surface area (Å²) in [6, 6.07) is 18.1. The van der Waals surface area contributed by atoms with E-state index in [0.29, 0.717) is 22.7 Å². The maximum absolute atomic E-state index is 12.9. The molecule has 0 aliphatic rings. The van der Waals surface area contributed by atoms with Gasteiger partial charge in [0.15, 0.2) is 0 Å². The lowest BCUT2D eigenvalue weighted by atomic mass is 10.1. The zero-order valence-corrected chi connectivity index (χ0v) is 19.0. The molecule has 1 heterocycles. The standard InChI is InChI=1S/C23H19IN4O3/c1-13(21-14(2)27-28(23(21)31)18-9-7-17(24)8-10-18)25-26-22(30)19-11-15-5-3-4-6-16(15)12-20(19)29/h3-12,27,29H,1-2H3,(H,26,30)/b25-13-. The van der Waals surface area contributed by atoms with Crippen molar-refractivity contribution in [3.8, 4) is 11.4 Å². The van der Waals surface area contributed by atoms with Crippen LogP contribution in [0.25, 0.3) is 16.5 Å². The highest BCUT2D eigenvalue weighted by Gasteiger charge is 2.17. The monoisotopic (exact) mass is 526 g/mol. The van der Waals surface area contributed by atoms with E-state index in [4.69, 9.17) is 0 Å². The van der Waals surface area contributed by atoms with E-state index in [-0.39, 0.29) is 16.9 Å². The largest absolute Gasteiger partial charge is 0.507 e. The third-order valence-corrected chi connectivity index (χ3v) is 5.67. The number of rotatable bonds is 4. The smallest absolute Gasteiger partial charge is 0.280 e. The van der Waals surface area contributed by atoms with Gasteiger partial charge in [0.25, 0.3) is 11.5 Å². The molecule has 0 aliphatic heterocycles. The highest BCUT2D eigenvalue weighted by atomic mass is 127. The summed E-state index contributed by atoms with van der Waals surface area (Å²) in [5.41, 5.74) is 4.36. The van der Waals surface area contributed by atoms with E-state index in [1.807, 2.05) is 48.5 Å². The van der Waals surface area contributed by atoms with Crippen molar-refractivity contribution >= 4 is 45.0 Å². The number of fused-ring (bicyclic) bond motifs is 1. The van der Waals surface area contributed by atoms with Gasteiger partial charge in [0, 0.05) is 9.26 Å². The lowest BCUT2D eigenvalue weighted by Crippen LogP contribution is -2.23. The number of aromatic hydroxyl groups is 1. The molecule has 1 amide bonds. The predicted octanol–water partition coefficient (Wildman–Crippen LogP) is 4.09. The van der Waals surface area contributed by atoms with E-state index in [0.717, 1.165) is 14.3 Å². The van der Waals surface area contributed by atoms with Crippen LogP contribution < -0.4 is 11.0 Å². The van der Waals surface area contributed by atoms with Crippen molar-refractivity contribution in [2.75, 3.05) is 0 Å². The molecule has 3 N–H and O–H groups in total. The minimum atomic E-state index is -0.561. The zero-order valence-electron chi connectivity index (χ0n) is 16.8. The van der Waals surface area contributed by atoms with Gasteiger partial charge in [-0.2, -0.15) is 5.10 Å². The fourth-order valence-electron chi connectivity index (χ4n) is 3.41. The van der Waals surface area contributed by atoms with Crippen molar-refractivity contribution in [1.82, 2.24) is 15.2 Å². The van der Waals surface area contributed by atoms with Crippen molar-refractivity contribution in [3.05, 3.63) is 91.4 Å². The average molecular weight is 526 g/mol. The van der Waals surface area contributed by atoms with Crippen molar-refractivity contribution in [2.24, 2.45) is 5.10 Å². The number of nitrogens with one attached hydrogen (secondary N) is 2. The van der Waals surface area contributed by atoms with Crippen LogP contribution in [0.3, 0.4) is 0 Å². The predicted molar refractivity (Wildman–Crippen MR) is 129 cm³/mol. The summed E-state index contributed by atoms with van der Waals surface area (Å²) >= 11 is 2.20. The van der Waals surface area contributed by atoms with Crippen LogP contribution in [0.4, 0.5) is 0 Å². The van der Waals surface area contributed by atoms with Gasteiger partial charge >= 0.3 is 0 Å². The van der Waals surface area contributed by atoms with Crippen LogP contribution in [0.15, 0.2) is 70.6 Å². The first-order chi connectivity index (χ1) is 14.8. The number of carbonyl (C=O) groups is 1. The van der Waals surface area contributed by atoms with Crippen molar-refractivity contribution in [3.63, 3.8) is 0 Å². The molecule has 3 aromatic carbocycles. The third-order valence-electron chi connectivity index (χ3n) is 4.95. The molecule has 0 spiro atoms. The van der Waals surface area contributed by atoms with Gasteiger partial charge in [-0.25, -0.2) is 10.1 Å². The fraction of sp³-hybridized carbons (Fsp3) is 0.0870. The number of aromatic nitrogens is 2. The average Bonchev–Trinajstić information content (AvgIpc) is 3.05. The Morgan fingerprint density at radius 3 is 2.42 bits per heavy atom. The second-order valence-corrected chi connectivity index (χ2v) is 8.33. The summed E-state index contributed by atoms with van der Waals surface area (Å²) in [5, 5.41) is 19.0. The van der Waals surface area contributed by atoms with E-state index in [1.54, 1.807) is 19.9 Å². The minimum Gasteiger partial charge on any atom is -0.507 e. The second kappa shape index (κ2) is 8.38. The maximum Gasteiger partial charge on any atom is 0.280 e. The van der Waals surface area contributed by atoms with Gasteiger partial charge in [0.1, 0.15) is 5.75 Å². The first-order valence-corrected chi connectivity index (χ1v) is 10.6. The number of H-pyrrole nitrogens is 1. The SMILES string of the molecule is C/C(=N/NC(=O)c1cc2ccccc2cc1O)c1c(C)[nH]n(-c2ccc(I)cc2)c1=O. The van der Waals surface area contributed by atoms with Gasteiger partial charge in [0.05, 0.1) is 22.5 Å². The first-order valence-electron chi connectivity index (χ1n) is 9.49. The first kappa shape index (κ1) is 20.9. The van der Waals surface area contributed by atoms with Gasteiger partial charge < -0.3 is 5.11 Å². The van der Waals surface area contributed by atoms with E-state index in [2.05, 4.69) is 38.2 Å². The summed E-state index contributed by atoms with van der Waals surface area (Å²) in [6.07, 6.45) is 0. The number of halogens is 1. The molecule has 156 valence electrons. The quantitative estimate of drug-likeness (QED) is 0.212. The summed E-state index contributed by atoms with van der Waals surface area (Å²) in [4.78, 5) is 25.5. The molecule has 0 fully saturated rings. The molecule has 7 nitrogen and oxygen atoms in total. The molecule has 8 heteroatoms. The summed E-state index contributed by atoms with van der Waals surface area (Å²) < 4.78 is 2.51. The van der Waals surface area contributed by atoms with Crippen LogP contribution in [0, 0.1) is 10.5 Å². The second-order valence-electron chi connectivity index (χ2n) is 7.08. The Balaban J connectivity index is 1.62. The normalized spacial score (nSPS) is 11.6. The molecule has 0 atom stereocenters. The third kappa shape index (κ3) is 4.11. The molecule has 0 unspecified atom stereocenters. The Labute approximate surface area is 191 Å². The molecule has 4 aromatic rings. The van der Waals surface area contributed by atoms with Crippen LogP contribution in [0.5, 0.6) is 5.75 Å². The van der Waals surface area contributed by atoms with Gasteiger partial charge in [-0.1, -0.05) is 24.3 Å². The Hall–Kier alpha value is -3.40. The van der Waals surface area contributed by atoms with Crippen LogP contribution in [-0.2, 0) is 0 Å². The van der Waals surface area contributed by atoms with Gasteiger partial charge in [0.2, 0.25) is 0 Å². The molecule has 1 aromatic heterocycles. The molecule has 31 heavy (non-hydrogen) atoms. The van der Waals surface area contributed by atoms with E-state index >= 15 is 0 Å². The number of phenols is 1. The topological polar surface area (TPSA) is 99.5 Å². The molecule has 0 radical (unpaired) electrons. The summed E-state index contributed by atoms with van der Waals surface area (Å²) in [7, 11) is 0. The number of hydrazone groups is 1. The Morgan fingerprint density at radius 2 is 1.74 bits per heavy atom. The Bertz CT molecular complexity index is 1380. The van der Waals surface area contributed by atoms with Crippen molar-refractivity contribution in [1.29, 1.82) is 0 Å². The van der Waals surface area contributed by atoms with Gasteiger partial charge in [-0.05, 0) is 83.6 Å². The van der Waals surface area contributed by atoms with Crippen LogP contribution >= 0.6 is 22.6 Å². The highest BCUT2D eigenvalue weighted by Crippen LogP contribution is 2.24. The summed E-state index contributed by atoms with van der Waals surface area (Å²) in [5.74, 6) is -0.698. The number of hydrogen-bond donors (Lipinski definition) is 3. The molecular formula is C23H19IN4O3. The molecule has 0 saturated carbocycles. The number of aryl methyl sites for hydroxylation is 1. The molecule has 0 aliphatic carbocycles. The highest BCUT2D eigenvalue weighted by molar-refractivity contribution is 14.1. The van der Waals surface area contributed by atoms with Crippen LogP contribution in [0.2, 0.25) is 0 Å². The summed E-state index contributed by atoms with van der Waals surface area (Å²) in [6.45, 7) is 3.42. The number of carbonyl (C=O) groups excluding carboxylic acids is 1. The lowest BCUT2D eigenvalue weighted by Gasteiger charge is -2.06. The number of benzene rings is 3. The number of amides is 1. The molecule has 4 rings (SSSR count).